The van der Waals surface area contributed by atoms with Gasteiger partial charge in [0.05, 0.1) is 0 Å². The first-order chi connectivity index (χ1) is 10.4. The number of rotatable bonds is 5. The molecule has 128 valence electrons. The monoisotopic (exact) mass is 338 g/mol. The Morgan fingerprint density at radius 3 is 1.74 bits per heavy atom. The number of hydrogen-bond donors (Lipinski definition) is 0. The van der Waals surface area contributed by atoms with E-state index in [2.05, 4.69) is 33.9 Å². The van der Waals surface area contributed by atoms with Gasteiger partial charge in [0, 0.05) is 19.4 Å². The molecule has 0 bridgehead atoms. The van der Waals surface area contributed by atoms with E-state index in [1.54, 1.807) is 24.3 Å². The van der Waals surface area contributed by atoms with Crippen LogP contribution in [-0.2, 0) is 19.1 Å². The van der Waals surface area contributed by atoms with Crippen LogP contribution in [0.5, 0.6) is 5.75 Å². The fourth-order valence-corrected chi connectivity index (χ4v) is 2.63. The topological polar surface area (TPSA) is 61.8 Å². The first-order valence-corrected chi connectivity index (χ1v) is 10.5. The number of hydrogen-bond acceptors (Lipinski definition) is 5. The van der Waals surface area contributed by atoms with Crippen molar-refractivity contribution in [2.24, 2.45) is 0 Å². The Morgan fingerprint density at radius 2 is 1.39 bits per heavy atom. The minimum atomic E-state index is -1.91. The van der Waals surface area contributed by atoms with E-state index in [0.717, 1.165) is 5.75 Å². The summed E-state index contributed by atoms with van der Waals surface area (Å²) in [7, 11) is -1.91. The number of ether oxygens (including phenoxy) is 2. The lowest BCUT2D eigenvalue weighted by atomic mass is 10.2. The van der Waals surface area contributed by atoms with E-state index in [0.29, 0.717) is 5.56 Å². The zero-order chi connectivity index (χ0) is 17.8. The van der Waals surface area contributed by atoms with Crippen molar-refractivity contribution >= 4 is 20.3 Å². The van der Waals surface area contributed by atoms with Gasteiger partial charge in [-0.15, -0.1) is 0 Å². The molecular weight excluding hydrogens is 312 g/mol. The molecule has 1 aromatic rings. The molecule has 0 aliphatic carbocycles. The van der Waals surface area contributed by atoms with Crippen LogP contribution in [0.25, 0.3) is 0 Å². The molecule has 0 saturated heterocycles. The van der Waals surface area contributed by atoms with Gasteiger partial charge in [-0.1, -0.05) is 20.8 Å². The van der Waals surface area contributed by atoms with E-state index < -0.39 is 26.5 Å². The lowest BCUT2D eigenvalue weighted by Gasteiger charge is -2.36. The van der Waals surface area contributed by atoms with Crippen molar-refractivity contribution in [3.8, 4) is 5.75 Å². The second-order valence-corrected chi connectivity index (χ2v) is 11.7. The molecule has 0 fully saturated rings. The number of benzene rings is 1. The van der Waals surface area contributed by atoms with Gasteiger partial charge in [-0.05, 0) is 42.4 Å². The summed E-state index contributed by atoms with van der Waals surface area (Å²) in [5, 5.41) is 0.101. The zero-order valence-corrected chi connectivity index (χ0v) is 15.9. The minimum Gasteiger partial charge on any atom is -0.544 e. The van der Waals surface area contributed by atoms with Crippen molar-refractivity contribution in [3.05, 3.63) is 29.8 Å². The van der Waals surface area contributed by atoms with Crippen molar-refractivity contribution in [2.75, 3.05) is 0 Å². The fraction of sp³-hybridized carbons (Fsp3) is 0.529. The highest BCUT2D eigenvalue weighted by molar-refractivity contribution is 6.74. The Kier molecular flexibility index (Phi) is 5.99. The van der Waals surface area contributed by atoms with E-state index in [1.807, 2.05) is 0 Å². The minimum absolute atomic E-state index is 0.101. The maximum absolute atomic E-state index is 11.1. The summed E-state index contributed by atoms with van der Waals surface area (Å²) in [6, 6.07) is 7.07. The van der Waals surface area contributed by atoms with Crippen molar-refractivity contribution in [3.63, 3.8) is 0 Å². The third kappa shape index (κ3) is 5.71. The molecule has 0 saturated carbocycles. The first kappa shape index (κ1) is 19.2. The van der Waals surface area contributed by atoms with Gasteiger partial charge in [0.15, 0.2) is 0 Å². The second-order valence-electron chi connectivity index (χ2n) is 6.98. The van der Waals surface area contributed by atoms with E-state index in [9.17, 15) is 9.59 Å². The van der Waals surface area contributed by atoms with Crippen LogP contribution in [-0.4, -0.2) is 20.3 Å². The second kappa shape index (κ2) is 7.17. The molecule has 1 rings (SSSR count). The molecule has 0 heterocycles. The molecule has 0 aromatic heterocycles. The van der Waals surface area contributed by atoms with Gasteiger partial charge in [0.1, 0.15) is 5.75 Å². The van der Waals surface area contributed by atoms with Gasteiger partial charge in [0.2, 0.25) is 8.32 Å². The summed E-state index contributed by atoms with van der Waals surface area (Å²) >= 11 is 0. The fourth-order valence-electron chi connectivity index (χ4n) is 1.60. The molecule has 1 aromatic carbocycles. The molecule has 0 radical (unpaired) electrons. The summed E-state index contributed by atoms with van der Waals surface area (Å²) in [6.07, 6.45) is -1.04. The molecule has 23 heavy (non-hydrogen) atoms. The Labute approximate surface area is 139 Å². The number of carbonyl (C=O) groups excluding carboxylic acids is 2. The van der Waals surface area contributed by atoms with E-state index in [4.69, 9.17) is 13.9 Å². The summed E-state index contributed by atoms with van der Waals surface area (Å²) in [5.74, 6) is -0.277. The standard InChI is InChI=1S/C17H26O5Si/c1-12(18)20-16(21-13(2)19)14-8-10-15(11-9-14)22-23(6,7)17(3,4)5/h8-11,16H,1-7H3. The lowest BCUT2D eigenvalue weighted by Crippen LogP contribution is -2.43. The molecule has 5 nitrogen and oxygen atoms in total. The zero-order valence-electron chi connectivity index (χ0n) is 14.9. The third-order valence-electron chi connectivity index (χ3n) is 3.88. The normalized spacial score (nSPS) is 12.0. The third-order valence-corrected chi connectivity index (χ3v) is 8.24. The molecular formula is C17H26O5Si. The van der Waals surface area contributed by atoms with Crippen molar-refractivity contribution in [1.29, 1.82) is 0 Å². The summed E-state index contributed by atoms with van der Waals surface area (Å²) < 4.78 is 16.2. The van der Waals surface area contributed by atoms with E-state index in [1.165, 1.54) is 13.8 Å². The summed E-state index contributed by atoms with van der Waals surface area (Å²) in [4.78, 5) is 22.3. The van der Waals surface area contributed by atoms with E-state index >= 15 is 0 Å². The van der Waals surface area contributed by atoms with Crippen LogP contribution in [0.4, 0.5) is 0 Å². The average Bonchev–Trinajstić information content (AvgIpc) is 2.35. The lowest BCUT2D eigenvalue weighted by molar-refractivity contribution is -0.186. The van der Waals surface area contributed by atoms with Crippen LogP contribution in [0.1, 0.15) is 46.5 Å². The van der Waals surface area contributed by atoms with Crippen LogP contribution in [0.3, 0.4) is 0 Å². The summed E-state index contributed by atoms with van der Waals surface area (Å²) in [5.41, 5.74) is 0.581. The first-order valence-electron chi connectivity index (χ1n) is 7.56. The molecule has 6 heteroatoms. The van der Waals surface area contributed by atoms with Gasteiger partial charge in [0.25, 0.3) is 6.29 Å². The quantitative estimate of drug-likeness (QED) is 0.457. The maximum Gasteiger partial charge on any atom is 0.305 e. The predicted octanol–water partition coefficient (Wildman–Crippen LogP) is 4.20. The van der Waals surface area contributed by atoms with Crippen LogP contribution in [0.15, 0.2) is 24.3 Å². The van der Waals surface area contributed by atoms with Crippen molar-refractivity contribution in [1.82, 2.24) is 0 Å². The largest absolute Gasteiger partial charge is 0.544 e. The van der Waals surface area contributed by atoms with Gasteiger partial charge in [-0.2, -0.15) is 0 Å². The smallest absolute Gasteiger partial charge is 0.305 e. The molecule has 0 atom stereocenters. The number of esters is 2. The molecule has 0 unspecified atom stereocenters. The number of carbonyl (C=O) groups is 2. The Hall–Kier alpha value is -1.82. The van der Waals surface area contributed by atoms with E-state index in [-0.39, 0.29) is 5.04 Å². The van der Waals surface area contributed by atoms with Crippen LogP contribution in [0.2, 0.25) is 18.1 Å². The Balaban J connectivity index is 2.93. The maximum atomic E-state index is 11.1. The van der Waals surface area contributed by atoms with Crippen molar-refractivity contribution < 1.29 is 23.5 Å². The van der Waals surface area contributed by atoms with Crippen LogP contribution in [0, 0.1) is 0 Å². The predicted molar refractivity (Wildman–Crippen MR) is 90.5 cm³/mol. The van der Waals surface area contributed by atoms with Crippen LogP contribution < -0.4 is 4.43 Å². The SMILES string of the molecule is CC(=O)OC(OC(C)=O)c1ccc(O[Si](C)(C)C(C)(C)C)cc1. The van der Waals surface area contributed by atoms with Gasteiger partial charge >= 0.3 is 11.9 Å². The van der Waals surface area contributed by atoms with Gasteiger partial charge < -0.3 is 13.9 Å². The molecule has 0 aliphatic rings. The van der Waals surface area contributed by atoms with Gasteiger partial charge in [-0.3, -0.25) is 9.59 Å². The molecule has 0 aliphatic heterocycles. The highest BCUT2D eigenvalue weighted by Crippen LogP contribution is 2.37. The molecule has 0 spiro atoms. The van der Waals surface area contributed by atoms with Crippen LogP contribution >= 0.6 is 0 Å². The Morgan fingerprint density at radius 1 is 0.957 bits per heavy atom. The van der Waals surface area contributed by atoms with Gasteiger partial charge in [-0.25, -0.2) is 0 Å². The van der Waals surface area contributed by atoms with Crippen molar-refractivity contribution in [2.45, 2.75) is 59.0 Å². The summed E-state index contributed by atoms with van der Waals surface area (Å²) in [6.45, 7) is 13.4. The highest BCUT2D eigenvalue weighted by Gasteiger charge is 2.38. The Bertz CT molecular complexity index is 541. The molecule has 0 amide bonds. The highest BCUT2D eigenvalue weighted by atomic mass is 28.4. The molecule has 0 N–H and O–H groups in total. The average molecular weight is 338 g/mol.